The van der Waals surface area contributed by atoms with E-state index in [0.29, 0.717) is 6.61 Å². The number of carbonyl (C=O) groups excluding carboxylic acids is 1. The molecule has 0 fully saturated rings. The molecule has 4 heteroatoms. The van der Waals surface area contributed by atoms with E-state index < -0.39 is 6.10 Å². The molecule has 15 heavy (non-hydrogen) atoms. The molecule has 0 aromatic carbocycles. The lowest BCUT2D eigenvalue weighted by Gasteiger charge is -2.24. The van der Waals surface area contributed by atoms with Gasteiger partial charge >= 0.3 is 0 Å². The fourth-order valence-electron chi connectivity index (χ4n) is 0.775. The zero-order chi connectivity index (χ0) is 11.9. The van der Waals surface area contributed by atoms with Crippen molar-refractivity contribution in [3.05, 3.63) is 0 Å². The van der Waals surface area contributed by atoms with Crippen molar-refractivity contribution in [3.8, 4) is 12.3 Å². The Kier molecular flexibility index (Phi) is 5.99. The topological polar surface area (TPSA) is 64.3 Å². The molecule has 0 aliphatic carbocycles. The van der Waals surface area contributed by atoms with Gasteiger partial charge in [-0.1, -0.05) is 12.8 Å². The summed E-state index contributed by atoms with van der Waals surface area (Å²) in [6.07, 6.45) is 5.29. The average Bonchev–Trinajstić information content (AvgIpc) is 2.22. The predicted octanol–water partition coefficient (Wildman–Crippen LogP) is 0.268. The zero-order valence-electron chi connectivity index (χ0n) is 9.67. The van der Waals surface area contributed by atoms with Crippen molar-refractivity contribution < 1.29 is 9.53 Å². The molecular formula is C11H20N2O2. The lowest BCUT2D eigenvalue weighted by molar-refractivity contribution is -0.132. The molecule has 0 aliphatic heterocycles. The van der Waals surface area contributed by atoms with Gasteiger partial charge in [-0.05, 0) is 20.3 Å². The van der Waals surface area contributed by atoms with Crippen LogP contribution in [0.25, 0.3) is 0 Å². The number of ether oxygens (including phenoxy) is 1. The SMILES string of the molecule is C#CCNC(=O)C(C)OCC(C)(N)CC. The van der Waals surface area contributed by atoms with Gasteiger partial charge in [-0.25, -0.2) is 0 Å². The number of rotatable bonds is 6. The van der Waals surface area contributed by atoms with Gasteiger partial charge < -0.3 is 15.8 Å². The lowest BCUT2D eigenvalue weighted by Crippen LogP contribution is -2.44. The van der Waals surface area contributed by atoms with Gasteiger partial charge in [0.2, 0.25) is 5.91 Å². The highest BCUT2D eigenvalue weighted by atomic mass is 16.5. The highest BCUT2D eigenvalue weighted by molar-refractivity contribution is 5.80. The zero-order valence-corrected chi connectivity index (χ0v) is 9.67. The molecule has 1 amide bonds. The van der Waals surface area contributed by atoms with Crippen LogP contribution >= 0.6 is 0 Å². The smallest absolute Gasteiger partial charge is 0.249 e. The molecule has 2 unspecified atom stereocenters. The van der Waals surface area contributed by atoms with E-state index in [1.165, 1.54) is 0 Å². The molecule has 0 bridgehead atoms. The molecule has 0 saturated heterocycles. The maximum absolute atomic E-state index is 11.3. The van der Waals surface area contributed by atoms with Crippen LogP contribution in [0.5, 0.6) is 0 Å². The Morgan fingerprint density at radius 2 is 2.33 bits per heavy atom. The summed E-state index contributed by atoms with van der Waals surface area (Å²) in [6, 6.07) is 0. The predicted molar refractivity (Wildman–Crippen MR) is 60.1 cm³/mol. The number of amides is 1. The van der Waals surface area contributed by atoms with E-state index in [0.717, 1.165) is 6.42 Å². The van der Waals surface area contributed by atoms with Gasteiger partial charge in [0.25, 0.3) is 0 Å². The van der Waals surface area contributed by atoms with Crippen LogP contribution in [0.3, 0.4) is 0 Å². The second kappa shape index (κ2) is 6.44. The number of nitrogens with one attached hydrogen (secondary N) is 1. The molecule has 0 rings (SSSR count). The van der Waals surface area contributed by atoms with Crippen LogP contribution in [0.2, 0.25) is 0 Å². The maximum atomic E-state index is 11.3. The quantitative estimate of drug-likeness (QED) is 0.621. The standard InChI is InChI=1S/C11H20N2O2/c1-5-7-13-10(14)9(3)15-8-11(4,12)6-2/h1,9H,6-8,12H2,2-4H3,(H,13,14). The van der Waals surface area contributed by atoms with Gasteiger partial charge in [0, 0.05) is 5.54 Å². The third-order valence-electron chi connectivity index (χ3n) is 2.20. The lowest BCUT2D eigenvalue weighted by atomic mass is 10.0. The van der Waals surface area contributed by atoms with E-state index in [1.807, 2.05) is 13.8 Å². The number of hydrogen-bond acceptors (Lipinski definition) is 3. The molecule has 0 heterocycles. The Morgan fingerprint density at radius 3 is 2.80 bits per heavy atom. The van der Waals surface area contributed by atoms with Crippen molar-refractivity contribution in [1.82, 2.24) is 5.32 Å². The van der Waals surface area contributed by atoms with E-state index in [4.69, 9.17) is 16.9 Å². The summed E-state index contributed by atoms with van der Waals surface area (Å²) < 4.78 is 5.35. The minimum Gasteiger partial charge on any atom is -0.367 e. The second-order valence-corrected chi connectivity index (χ2v) is 3.88. The molecule has 0 radical (unpaired) electrons. The van der Waals surface area contributed by atoms with Crippen molar-refractivity contribution in [2.75, 3.05) is 13.2 Å². The Bertz CT molecular complexity index is 243. The van der Waals surface area contributed by atoms with Crippen LogP contribution in [-0.2, 0) is 9.53 Å². The van der Waals surface area contributed by atoms with E-state index in [2.05, 4.69) is 11.2 Å². The molecule has 0 aromatic heterocycles. The number of nitrogens with two attached hydrogens (primary N) is 1. The molecule has 0 aliphatic rings. The van der Waals surface area contributed by atoms with Crippen LogP contribution in [0.4, 0.5) is 0 Å². The van der Waals surface area contributed by atoms with E-state index in [1.54, 1.807) is 6.92 Å². The summed E-state index contributed by atoms with van der Waals surface area (Å²) in [5.41, 5.74) is 5.49. The molecule has 0 saturated carbocycles. The van der Waals surface area contributed by atoms with E-state index >= 15 is 0 Å². The summed E-state index contributed by atoms with van der Waals surface area (Å²) >= 11 is 0. The molecule has 0 spiro atoms. The Morgan fingerprint density at radius 1 is 1.73 bits per heavy atom. The largest absolute Gasteiger partial charge is 0.367 e. The monoisotopic (exact) mass is 212 g/mol. The van der Waals surface area contributed by atoms with Crippen molar-refractivity contribution in [3.63, 3.8) is 0 Å². The van der Waals surface area contributed by atoms with Gasteiger partial charge in [0.1, 0.15) is 6.10 Å². The minimum atomic E-state index is -0.521. The Hall–Kier alpha value is -1.05. The number of hydrogen-bond donors (Lipinski definition) is 2. The van der Waals surface area contributed by atoms with Gasteiger partial charge in [-0.2, -0.15) is 0 Å². The van der Waals surface area contributed by atoms with E-state index in [9.17, 15) is 4.79 Å². The third kappa shape index (κ3) is 6.10. The molecule has 0 aromatic rings. The first kappa shape index (κ1) is 13.9. The van der Waals surface area contributed by atoms with Gasteiger partial charge in [-0.15, -0.1) is 6.42 Å². The fourth-order valence-corrected chi connectivity index (χ4v) is 0.775. The summed E-state index contributed by atoms with van der Waals surface area (Å²) in [5, 5.41) is 2.55. The summed E-state index contributed by atoms with van der Waals surface area (Å²) in [6.45, 7) is 6.12. The Balaban J connectivity index is 3.88. The van der Waals surface area contributed by atoms with Crippen molar-refractivity contribution in [2.45, 2.75) is 38.8 Å². The Labute approximate surface area is 91.6 Å². The summed E-state index contributed by atoms with van der Waals surface area (Å²) in [4.78, 5) is 11.3. The number of carbonyl (C=O) groups is 1. The van der Waals surface area contributed by atoms with Gasteiger partial charge in [-0.3, -0.25) is 4.79 Å². The average molecular weight is 212 g/mol. The van der Waals surface area contributed by atoms with Crippen LogP contribution < -0.4 is 11.1 Å². The van der Waals surface area contributed by atoms with E-state index in [-0.39, 0.29) is 18.0 Å². The van der Waals surface area contributed by atoms with Gasteiger partial charge in [0.15, 0.2) is 0 Å². The molecule has 3 N–H and O–H groups in total. The van der Waals surface area contributed by atoms with Gasteiger partial charge in [0.05, 0.1) is 13.2 Å². The fraction of sp³-hybridized carbons (Fsp3) is 0.727. The van der Waals surface area contributed by atoms with Crippen LogP contribution in [0, 0.1) is 12.3 Å². The van der Waals surface area contributed by atoms with Crippen molar-refractivity contribution in [1.29, 1.82) is 0 Å². The highest BCUT2D eigenvalue weighted by Crippen LogP contribution is 2.06. The molecule has 86 valence electrons. The van der Waals surface area contributed by atoms with Crippen LogP contribution in [-0.4, -0.2) is 30.7 Å². The minimum absolute atomic E-state index is 0.208. The first-order valence-electron chi connectivity index (χ1n) is 5.04. The van der Waals surface area contributed by atoms with Crippen molar-refractivity contribution >= 4 is 5.91 Å². The van der Waals surface area contributed by atoms with Crippen molar-refractivity contribution in [2.24, 2.45) is 5.73 Å². The highest BCUT2D eigenvalue weighted by Gasteiger charge is 2.20. The van der Waals surface area contributed by atoms with Crippen LogP contribution in [0.15, 0.2) is 0 Å². The maximum Gasteiger partial charge on any atom is 0.249 e. The summed E-state index contributed by atoms with van der Waals surface area (Å²) in [7, 11) is 0. The molecule has 2 atom stereocenters. The first-order chi connectivity index (χ1) is 6.93. The van der Waals surface area contributed by atoms with Crippen LogP contribution in [0.1, 0.15) is 27.2 Å². The molecule has 4 nitrogen and oxygen atoms in total. The second-order valence-electron chi connectivity index (χ2n) is 3.88. The summed E-state index contributed by atoms with van der Waals surface area (Å²) in [5.74, 6) is 2.12. The third-order valence-corrected chi connectivity index (χ3v) is 2.20. The normalized spacial score (nSPS) is 16.2. The number of terminal acetylenes is 1. The first-order valence-corrected chi connectivity index (χ1v) is 5.04. The molecular weight excluding hydrogens is 192 g/mol.